The van der Waals surface area contributed by atoms with Crippen molar-refractivity contribution in [3.8, 4) is 5.75 Å². The first-order chi connectivity index (χ1) is 11.4. The number of nitrogens with zero attached hydrogens (tertiary/aromatic N) is 1. The van der Waals surface area contributed by atoms with Crippen molar-refractivity contribution < 1.29 is 19.8 Å². The Bertz CT molecular complexity index is 781. The molecular formula is C18H18N2O4. The van der Waals surface area contributed by atoms with E-state index in [-0.39, 0.29) is 24.6 Å². The second-order valence-corrected chi connectivity index (χ2v) is 5.85. The van der Waals surface area contributed by atoms with Gasteiger partial charge < -0.3 is 10.2 Å². The third-order valence-corrected chi connectivity index (χ3v) is 4.16. The van der Waals surface area contributed by atoms with E-state index < -0.39 is 11.6 Å². The average molecular weight is 326 g/mol. The second-order valence-electron chi connectivity index (χ2n) is 5.85. The number of urea groups is 1. The Morgan fingerprint density at radius 1 is 1.38 bits per heavy atom. The lowest BCUT2D eigenvalue weighted by Crippen LogP contribution is -2.32. The van der Waals surface area contributed by atoms with Gasteiger partial charge in [-0.2, -0.15) is 0 Å². The van der Waals surface area contributed by atoms with E-state index in [0.29, 0.717) is 23.2 Å². The van der Waals surface area contributed by atoms with Crippen molar-refractivity contribution in [3.05, 3.63) is 65.9 Å². The van der Waals surface area contributed by atoms with Crippen LogP contribution in [0.2, 0.25) is 0 Å². The number of aromatic hydroxyl groups is 1. The van der Waals surface area contributed by atoms with Crippen molar-refractivity contribution in [1.82, 2.24) is 10.2 Å². The number of rotatable bonds is 4. The number of phenols is 1. The van der Waals surface area contributed by atoms with E-state index in [0.717, 1.165) is 0 Å². The molecule has 0 aromatic heterocycles. The van der Waals surface area contributed by atoms with E-state index in [4.69, 9.17) is 0 Å². The SMILES string of the molecule is C=CCc1cccc(C2(O)C=C(N3CC(=O)NC3=O)C=CC2)c1O. The number of carbonyl (C=O) groups excluding carboxylic acids is 2. The smallest absolute Gasteiger partial charge is 0.329 e. The zero-order chi connectivity index (χ0) is 17.3. The number of hydrogen-bond acceptors (Lipinski definition) is 4. The molecule has 1 saturated heterocycles. The summed E-state index contributed by atoms with van der Waals surface area (Å²) in [5.41, 5.74) is -0.0261. The van der Waals surface area contributed by atoms with Crippen LogP contribution in [0, 0.1) is 0 Å². The van der Waals surface area contributed by atoms with Gasteiger partial charge in [0.1, 0.15) is 17.9 Å². The minimum atomic E-state index is -1.46. The molecule has 6 heteroatoms. The molecule has 1 fully saturated rings. The number of nitrogens with one attached hydrogen (secondary N) is 1. The Kier molecular flexibility index (Phi) is 3.99. The van der Waals surface area contributed by atoms with Crippen molar-refractivity contribution in [2.75, 3.05) is 6.54 Å². The molecule has 1 atom stereocenters. The molecule has 1 unspecified atom stereocenters. The van der Waals surface area contributed by atoms with Gasteiger partial charge in [-0.3, -0.25) is 15.0 Å². The number of benzene rings is 1. The third kappa shape index (κ3) is 2.72. The van der Waals surface area contributed by atoms with E-state index in [1.165, 1.54) is 11.0 Å². The summed E-state index contributed by atoms with van der Waals surface area (Å²) in [4.78, 5) is 24.4. The highest BCUT2D eigenvalue weighted by Crippen LogP contribution is 2.39. The first-order valence-electron chi connectivity index (χ1n) is 7.60. The standard InChI is InChI=1S/C18H18N2O4/c1-2-5-12-6-3-8-14(16(12)22)18(24)9-4-7-13(10-18)20-11-15(21)19-17(20)23/h2-4,6-8,10,22,24H,1,5,9,11H2,(H,19,21,23). The highest BCUT2D eigenvalue weighted by Gasteiger charge is 2.36. The van der Waals surface area contributed by atoms with Crippen molar-refractivity contribution >= 4 is 11.9 Å². The zero-order valence-electron chi connectivity index (χ0n) is 13.0. The van der Waals surface area contributed by atoms with Crippen LogP contribution in [-0.2, 0) is 16.8 Å². The fourth-order valence-electron chi connectivity index (χ4n) is 2.98. The Balaban J connectivity index is 2.00. The van der Waals surface area contributed by atoms with E-state index in [1.54, 1.807) is 36.4 Å². The van der Waals surface area contributed by atoms with E-state index in [9.17, 15) is 19.8 Å². The molecule has 1 heterocycles. The number of hydrogen-bond donors (Lipinski definition) is 3. The first-order valence-corrected chi connectivity index (χ1v) is 7.60. The number of aliphatic hydroxyl groups is 1. The first kappa shape index (κ1) is 16.0. The number of para-hydroxylation sites is 1. The van der Waals surface area contributed by atoms with Crippen LogP contribution in [-0.4, -0.2) is 33.6 Å². The van der Waals surface area contributed by atoms with Gasteiger partial charge in [0, 0.05) is 17.7 Å². The van der Waals surface area contributed by atoms with Crippen LogP contribution in [0.3, 0.4) is 0 Å². The van der Waals surface area contributed by atoms with Crippen LogP contribution < -0.4 is 5.32 Å². The highest BCUT2D eigenvalue weighted by molar-refractivity contribution is 6.03. The maximum Gasteiger partial charge on any atom is 0.329 e. The predicted molar refractivity (Wildman–Crippen MR) is 88.0 cm³/mol. The van der Waals surface area contributed by atoms with Gasteiger partial charge in [0.15, 0.2) is 0 Å². The normalized spacial score (nSPS) is 23.2. The van der Waals surface area contributed by atoms with E-state index >= 15 is 0 Å². The maximum absolute atomic E-state index is 11.8. The molecule has 1 aliphatic heterocycles. The van der Waals surface area contributed by atoms with Crippen LogP contribution in [0.15, 0.2) is 54.8 Å². The fraction of sp³-hybridized carbons (Fsp3) is 0.222. The van der Waals surface area contributed by atoms with Gasteiger partial charge in [-0.1, -0.05) is 30.4 Å². The van der Waals surface area contributed by atoms with Crippen LogP contribution in [0.5, 0.6) is 5.75 Å². The van der Waals surface area contributed by atoms with Gasteiger partial charge in [0.2, 0.25) is 5.91 Å². The zero-order valence-corrected chi connectivity index (χ0v) is 13.0. The van der Waals surface area contributed by atoms with Gasteiger partial charge in [-0.15, -0.1) is 6.58 Å². The minimum Gasteiger partial charge on any atom is -0.507 e. The molecule has 0 radical (unpaired) electrons. The van der Waals surface area contributed by atoms with Gasteiger partial charge in [-0.25, -0.2) is 4.79 Å². The molecule has 3 rings (SSSR count). The van der Waals surface area contributed by atoms with Crippen molar-refractivity contribution in [3.63, 3.8) is 0 Å². The lowest BCUT2D eigenvalue weighted by molar-refractivity contribution is -0.118. The molecule has 3 N–H and O–H groups in total. The molecule has 1 aromatic rings. The Morgan fingerprint density at radius 3 is 2.83 bits per heavy atom. The van der Waals surface area contributed by atoms with Gasteiger partial charge in [-0.05, 0) is 24.1 Å². The van der Waals surface area contributed by atoms with Crippen LogP contribution in [0.4, 0.5) is 4.79 Å². The number of amides is 3. The topological polar surface area (TPSA) is 89.9 Å². The summed E-state index contributed by atoms with van der Waals surface area (Å²) in [6, 6.07) is 4.64. The summed E-state index contributed by atoms with van der Waals surface area (Å²) in [7, 11) is 0. The molecule has 124 valence electrons. The summed E-state index contributed by atoms with van der Waals surface area (Å²) in [5, 5.41) is 23.7. The van der Waals surface area contributed by atoms with Gasteiger partial charge >= 0.3 is 6.03 Å². The van der Waals surface area contributed by atoms with E-state index in [1.807, 2.05) is 0 Å². The van der Waals surface area contributed by atoms with Gasteiger partial charge in [0.05, 0.1) is 0 Å². The molecule has 2 aliphatic rings. The molecule has 0 spiro atoms. The molecule has 0 saturated carbocycles. The predicted octanol–water partition coefficient (Wildman–Crippen LogP) is 1.70. The van der Waals surface area contributed by atoms with E-state index in [2.05, 4.69) is 11.9 Å². The van der Waals surface area contributed by atoms with Gasteiger partial charge in [0.25, 0.3) is 0 Å². The Morgan fingerprint density at radius 2 is 2.17 bits per heavy atom. The molecule has 1 aromatic carbocycles. The molecule has 3 amide bonds. The number of imide groups is 1. The summed E-state index contributed by atoms with van der Waals surface area (Å²) < 4.78 is 0. The van der Waals surface area contributed by atoms with Crippen LogP contribution in [0.25, 0.3) is 0 Å². The lowest BCUT2D eigenvalue weighted by Gasteiger charge is -2.30. The highest BCUT2D eigenvalue weighted by atomic mass is 16.3. The number of carbonyl (C=O) groups is 2. The molecular weight excluding hydrogens is 308 g/mol. The molecule has 0 bridgehead atoms. The molecule has 6 nitrogen and oxygen atoms in total. The Labute approximate surface area is 139 Å². The van der Waals surface area contributed by atoms with Crippen molar-refractivity contribution in [2.45, 2.75) is 18.4 Å². The molecule has 1 aliphatic carbocycles. The monoisotopic (exact) mass is 326 g/mol. The second kappa shape index (κ2) is 5.98. The largest absolute Gasteiger partial charge is 0.507 e. The van der Waals surface area contributed by atoms with Crippen molar-refractivity contribution in [1.29, 1.82) is 0 Å². The fourth-order valence-corrected chi connectivity index (χ4v) is 2.98. The maximum atomic E-state index is 11.8. The van der Waals surface area contributed by atoms with Crippen LogP contribution >= 0.6 is 0 Å². The summed E-state index contributed by atoms with van der Waals surface area (Å²) in [6.07, 6.45) is 7.29. The lowest BCUT2D eigenvalue weighted by atomic mass is 9.84. The van der Waals surface area contributed by atoms with Crippen LogP contribution in [0.1, 0.15) is 17.5 Å². The number of allylic oxidation sites excluding steroid dienone is 2. The third-order valence-electron chi connectivity index (χ3n) is 4.16. The minimum absolute atomic E-state index is 0.00718. The average Bonchev–Trinajstić information content (AvgIpc) is 2.88. The van der Waals surface area contributed by atoms with Crippen molar-refractivity contribution in [2.24, 2.45) is 0 Å². The number of phenolic OH excluding ortho intramolecular Hbond substituents is 1. The molecule has 24 heavy (non-hydrogen) atoms. The summed E-state index contributed by atoms with van der Waals surface area (Å²) >= 11 is 0. The summed E-state index contributed by atoms with van der Waals surface area (Å²) in [5.74, 6) is -0.382. The quantitative estimate of drug-likeness (QED) is 0.580. The summed E-state index contributed by atoms with van der Waals surface area (Å²) in [6.45, 7) is 3.57. The Hall–Kier alpha value is -2.86.